The normalized spacial score (nSPS) is 20.0. The van der Waals surface area contributed by atoms with Crippen molar-refractivity contribution in [1.29, 1.82) is 0 Å². The Hall–Kier alpha value is -2.94. The molecule has 0 spiro atoms. The lowest BCUT2D eigenvalue weighted by Crippen LogP contribution is -2.30. The minimum absolute atomic E-state index is 0.0507. The molecule has 1 aliphatic rings. The first-order valence-electron chi connectivity index (χ1n) is 9.28. The van der Waals surface area contributed by atoms with Gasteiger partial charge in [0.1, 0.15) is 11.4 Å². The summed E-state index contributed by atoms with van der Waals surface area (Å²) in [6.07, 6.45) is 1.40. The lowest BCUT2D eigenvalue weighted by atomic mass is 9.93. The maximum absolute atomic E-state index is 12.9. The zero-order chi connectivity index (χ0) is 20.6. The fourth-order valence-electron chi connectivity index (χ4n) is 3.70. The third-order valence-corrected chi connectivity index (χ3v) is 5.15. The van der Waals surface area contributed by atoms with Crippen molar-refractivity contribution in [2.75, 3.05) is 5.32 Å². The van der Waals surface area contributed by atoms with Crippen molar-refractivity contribution in [2.45, 2.75) is 44.0 Å². The molecule has 4 rings (SSSR count). The zero-order valence-corrected chi connectivity index (χ0v) is 15.3. The van der Waals surface area contributed by atoms with Crippen molar-refractivity contribution >= 4 is 16.6 Å². The number of pyridine rings is 1. The van der Waals surface area contributed by atoms with Gasteiger partial charge >= 0.3 is 6.18 Å². The molecule has 1 saturated carbocycles. The van der Waals surface area contributed by atoms with Crippen molar-refractivity contribution < 1.29 is 23.4 Å². The van der Waals surface area contributed by atoms with Crippen LogP contribution in [0.3, 0.4) is 0 Å². The number of hydrogen-bond acceptors (Lipinski definition) is 6. The molecule has 2 atom stereocenters. The molecular weight excluding hydrogens is 385 g/mol. The number of alkyl halides is 3. The Balaban J connectivity index is 1.74. The Bertz CT molecular complexity index is 1040. The van der Waals surface area contributed by atoms with E-state index in [-0.39, 0.29) is 23.4 Å². The summed E-state index contributed by atoms with van der Waals surface area (Å²) in [6.45, 7) is 0. The first kappa shape index (κ1) is 19.4. The van der Waals surface area contributed by atoms with E-state index < -0.39 is 17.5 Å². The molecule has 0 aliphatic heterocycles. The van der Waals surface area contributed by atoms with Gasteiger partial charge < -0.3 is 15.5 Å². The maximum Gasteiger partial charge on any atom is 0.416 e. The molecule has 3 N–H and O–H groups in total. The Labute approximate surface area is 164 Å². The number of nitrogens with one attached hydrogen (secondary N) is 1. The standard InChI is InChI=1S/C20H19F3N4O2/c21-20(22,23)11-4-5-15(17(29)8-11)18-16-10-24-7-6-14(16)19(27-26-18)25-12-2-1-3-13(28)9-12/h4-8,10,12-13,28-29H,1-3,9H2,(H,25,27). The van der Waals surface area contributed by atoms with E-state index in [1.54, 1.807) is 12.3 Å². The van der Waals surface area contributed by atoms with Gasteiger partial charge in [0.2, 0.25) is 0 Å². The summed E-state index contributed by atoms with van der Waals surface area (Å²) < 4.78 is 38.6. The van der Waals surface area contributed by atoms with Crippen LogP contribution >= 0.6 is 0 Å². The van der Waals surface area contributed by atoms with Crippen LogP contribution in [0, 0.1) is 0 Å². The number of benzene rings is 1. The van der Waals surface area contributed by atoms with Crippen LogP contribution in [0.5, 0.6) is 5.75 Å². The largest absolute Gasteiger partial charge is 0.507 e. The molecule has 0 radical (unpaired) electrons. The smallest absolute Gasteiger partial charge is 0.416 e. The highest BCUT2D eigenvalue weighted by Gasteiger charge is 2.31. The number of hydrogen-bond donors (Lipinski definition) is 3. The number of aromatic nitrogens is 3. The quantitative estimate of drug-likeness (QED) is 0.608. The maximum atomic E-state index is 12.9. The molecule has 1 aromatic carbocycles. The van der Waals surface area contributed by atoms with Crippen molar-refractivity contribution in [1.82, 2.24) is 15.2 Å². The van der Waals surface area contributed by atoms with Gasteiger partial charge in [-0.2, -0.15) is 13.2 Å². The van der Waals surface area contributed by atoms with Crippen molar-refractivity contribution in [3.05, 3.63) is 42.2 Å². The number of aliphatic hydroxyl groups is 1. The average molecular weight is 404 g/mol. The van der Waals surface area contributed by atoms with Gasteiger partial charge in [-0.1, -0.05) is 0 Å². The Morgan fingerprint density at radius 2 is 1.90 bits per heavy atom. The van der Waals surface area contributed by atoms with Crippen LogP contribution in [0.15, 0.2) is 36.7 Å². The summed E-state index contributed by atoms with van der Waals surface area (Å²) in [5, 5.41) is 33.0. The number of aliphatic hydroxyl groups excluding tert-OH is 1. The van der Waals surface area contributed by atoms with Crippen LogP contribution in [0.25, 0.3) is 22.0 Å². The van der Waals surface area contributed by atoms with Gasteiger partial charge in [0, 0.05) is 34.8 Å². The van der Waals surface area contributed by atoms with Crippen LogP contribution in [0.4, 0.5) is 19.0 Å². The average Bonchev–Trinajstić information content (AvgIpc) is 2.68. The second kappa shape index (κ2) is 7.47. The number of rotatable bonds is 3. The van der Waals surface area contributed by atoms with Crippen LogP contribution in [-0.4, -0.2) is 37.5 Å². The highest BCUT2D eigenvalue weighted by atomic mass is 19.4. The third kappa shape index (κ3) is 3.95. The van der Waals surface area contributed by atoms with E-state index in [2.05, 4.69) is 20.5 Å². The summed E-state index contributed by atoms with van der Waals surface area (Å²) in [7, 11) is 0. The number of halogens is 3. The molecule has 1 fully saturated rings. The van der Waals surface area contributed by atoms with Crippen LogP contribution in [-0.2, 0) is 6.18 Å². The SMILES string of the molecule is Oc1cc(C(F)(F)F)ccc1-c1nnc(NC2CCCC(O)C2)c2ccncc12. The molecule has 3 aromatic rings. The third-order valence-electron chi connectivity index (χ3n) is 5.15. The second-order valence-corrected chi connectivity index (χ2v) is 7.21. The first-order chi connectivity index (χ1) is 13.8. The predicted molar refractivity (Wildman–Crippen MR) is 101 cm³/mol. The number of phenolic OH excluding ortho intramolecular Hbond substituents is 1. The van der Waals surface area contributed by atoms with E-state index in [0.717, 1.165) is 25.3 Å². The number of aromatic hydroxyl groups is 1. The number of anilines is 1. The summed E-state index contributed by atoms with van der Waals surface area (Å²) in [5.41, 5.74) is -0.556. The molecule has 152 valence electrons. The lowest BCUT2D eigenvalue weighted by Gasteiger charge is -2.27. The van der Waals surface area contributed by atoms with Crippen molar-refractivity contribution in [3.63, 3.8) is 0 Å². The topological polar surface area (TPSA) is 91.2 Å². The predicted octanol–water partition coefficient (Wildman–Crippen LogP) is 4.13. The van der Waals surface area contributed by atoms with E-state index in [9.17, 15) is 23.4 Å². The minimum Gasteiger partial charge on any atom is -0.507 e. The molecule has 6 nitrogen and oxygen atoms in total. The van der Waals surface area contributed by atoms with E-state index in [4.69, 9.17) is 0 Å². The Morgan fingerprint density at radius 3 is 2.62 bits per heavy atom. The van der Waals surface area contributed by atoms with Crippen LogP contribution in [0.1, 0.15) is 31.2 Å². The fraction of sp³-hybridized carbons (Fsp3) is 0.350. The van der Waals surface area contributed by atoms with Crippen LogP contribution in [0.2, 0.25) is 0 Å². The van der Waals surface area contributed by atoms with Gasteiger partial charge in [0.15, 0.2) is 5.82 Å². The second-order valence-electron chi connectivity index (χ2n) is 7.21. The van der Waals surface area contributed by atoms with Gasteiger partial charge in [-0.25, -0.2) is 0 Å². The number of phenols is 1. The summed E-state index contributed by atoms with van der Waals surface area (Å²) in [6, 6.07) is 4.54. The molecule has 2 heterocycles. The summed E-state index contributed by atoms with van der Waals surface area (Å²) in [4.78, 5) is 4.09. The Kier molecular flexibility index (Phi) is 4.99. The highest BCUT2D eigenvalue weighted by molar-refractivity contribution is 6.00. The number of fused-ring (bicyclic) bond motifs is 1. The van der Waals surface area contributed by atoms with Crippen molar-refractivity contribution in [2.24, 2.45) is 0 Å². The van der Waals surface area contributed by atoms with E-state index in [1.165, 1.54) is 12.3 Å². The molecule has 2 aromatic heterocycles. The van der Waals surface area contributed by atoms with Gasteiger partial charge in [0.05, 0.1) is 11.7 Å². The minimum atomic E-state index is -4.55. The molecule has 0 bridgehead atoms. The van der Waals surface area contributed by atoms with Gasteiger partial charge in [-0.15, -0.1) is 10.2 Å². The molecule has 2 unspecified atom stereocenters. The zero-order valence-electron chi connectivity index (χ0n) is 15.3. The Morgan fingerprint density at radius 1 is 1.07 bits per heavy atom. The van der Waals surface area contributed by atoms with Crippen molar-refractivity contribution in [3.8, 4) is 17.0 Å². The van der Waals surface area contributed by atoms with E-state index in [1.807, 2.05) is 0 Å². The molecule has 29 heavy (non-hydrogen) atoms. The summed E-state index contributed by atoms with van der Waals surface area (Å²) in [5.74, 6) is -0.0213. The van der Waals surface area contributed by atoms with E-state index >= 15 is 0 Å². The lowest BCUT2D eigenvalue weighted by molar-refractivity contribution is -0.137. The monoisotopic (exact) mass is 404 g/mol. The highest BCUT2D eigenvalue weighted by Crippen LogP contribution is 2.38. The first-order valence-corrected chi connectivity index (χ1v) is 9.28. The van der Waals surface area contributed by atoms with Gasteiger partial charge in [-0.3, -0.25) is 4.98 Å². The van der Waals surface area contributed by atoms with Crippen LogP contribution < -0.4 is 5.32 Å². The molecule has 0 saturated heterocycles. The number of nitrogens with zero attached hydrogens (tertiary/aromatic N) is 3. The molecule has 0 amide bonds. The van der Waals surface area contributed by atoms with Gasteiger partial charge in [-0.05, 0) is 49.9 Å². The molecular formula is C20H19F3N4O2. The molecule has 1 aliphatic carbocycles. The summed E-state index contributed by atoms with van der Waals surface area (Å²) >= 11 is 0. The fourth-order valence-corrected chi connectivity index (χ4v) is 3.70. The molecule has 9 heteroatoms. The van der Waals surface area contributed by atoms with Gasteiger partial charge in [0.25, 0.3) is 0 Å². The van der Waals surface area contributed by atoms with E-state index in [0.29, 0.717) is 29.1 Å².